The van der Waals surface area contributed by atoms with Gasteiger partial charge < -0.3 is 15.0 Å². The zero-order chi connectivity index (χ0) is 14.7. The van der Waals surface area contributed by atoms with Crippen molar-refractivity contribution in [3.05, 3.63) is 10.6 Å². The quantitative estimate of drug-likeness (QED) is 0.892. The van der Waals surface area contributed by atoms with E-state index in [1.54, 1.807) is 4.90 Å². The summed E-state index contributed by atoms with van der Waals surface area (Å²) in [5, 5.41) is 2.83. The Hall–Kier alpha value is -1.18. The van der Waals surface area contributed by atoms with Crippen molar-refractivity contribution in [2.45, 2.75) is 25.9 Å². The van der Waals surface area contributed by atoms with E-state index in [1.165, 1.54) is 0 Å². The Morgan fingerprint density at radius 1 is 1.35 bits per heavy atom. The van der Waals surface area contributed by atoms with Gasteiger partial charge >= 0.3 is 0 Å². The molecular formula is C11H15Cl2N5O2. The number of rotatable bonds is 3. The normalized spacial score (nSPS) is 19.2. The van der Waals surface area contributed by atoms with Gasteiger partial charge in [0.2, 0.25) is 22.4 Å². The van der Waals surface area contributed by atoms with Crippen molar-refractivity contribution in [1.82, 2.24) is 20.3 Å². The Balaban J connectivity index is 2.24. The summed E-state index contributed by atoms with van der Waals surface area (Å²) in [5.41, 5.74) is 0. The van der Waals surface area contributed by atoms with E-state index in [-0.39, 0.29) is 35.1 Å². The lowest BCUT2D eigenvalue weighted by atomic mass is 10.2. The Morgan fingerprint density at radius 2 is 2.00 bits per heavy atom. The van der Waals surface area contributed by atoms with E-state index in [0.29, 0.717) is 13.2 Å². The number of hydrogen-bond donors (Lipinski definition) is 1. The molecular weight excluding hydrogens is 305 g/mol. The predicted octanol–water partition coefficient (Wildman–Crippen LogP) is 0.908. The van der Waals surface area contributed by atoms with Gasteiger partial charge in [0.15, 0.2) is 0 Å². The molecule has 1 amide bonds. The molecule has 9 heteroatoms. The largest absolute Gasteiger partial charge is 0.377 e. The number of nitrogens with one attached hydrogen (secondary N) is 1. The van der Waals surface area contributed by atoms with Gasteiger partial charge in [0.05, 0.1) is 13.2 Å². The highest BCUT2D eigenvalue weighted by Gasteiger charge is 2.32. The molecule has 1 aromatic rings. The van der Waals surface area contributed by atoms with Gasteiger partial charge in [-0.15, -0.1) is 0 Å². The van der Waals surface area contributed by atoms with Crippen LogP contribution in [0.1, 0.15) is 13.8 Å². The number of amides is 1. The van der Waals surface area contributed by atoms with Gasteiger partial charge in [0, 0.05) is 12.6 Å². The summed E-state index contributed by atoms with van der Waals surface area (Å²) >= 11 is 11.6. The van der Waals surface area contributed by atoms with E-state index in [1.807, 2.05) is 13.8 Å². The van der Waals surface area contributed by atoms with Gasteiger partial charge in [0.25, 0.3) is 0 Å². The summed E-state index contributed by atoms with van der Waals surface area (Å²) < 4.78 is 5.36. The number of carbonyl (C=O) groups excluding carboxylic acids is 1. The summed E-state index contributed by atoms with van der Waals surface area (Å²) in [7, 11) is 0. The zero-order valence-electron chi connectivity index (χ0n) is 11.1. The van der Waals surface area contributed by atoms with E-state index in [2.05, 4.69) is 20.3 Å². The Kier molecular flexibility index (Phi) is 4.95. The molecule has 2 heterocycles. The summed E-state index contributed by atoms with van der Waals surface area (Å²) in [4.78, 5) is 25.6. The molecule has 1 saturated heterocycles. The van der Waals surface area contributed by atoms with Crippen LogP contribution in [-0.2, 0) is 9.53 Å². The minimum atomic E-state index is -0.513. The molecule has 1 fully saturated rings. The van der Waals surface area contributed by atoms with Crippen molar-refractivity contribution in [3.8, 4) is 0 Å². The third-order valence-electron chi connectivity index (χ3n) is 2.69. The molecule has 2 rings (SSSR count). The van der Waals surface area contributed by atoms with E-state index in [0.717, 1.165) is 0 Å². The highest BCUT2D eigenvalue weighted by molar-refractivity contribution is 6.31. The van der Waals surface area contributed by atoms with Crippen molar-refractivity contribution in [2.24, 2.45) is 0 Å². The third kappa shape index (κ3) is 3.68. The molecule has 1 aromatic heterocycles. The number of carbonyl (C=O) groups is 1. The summed E-state index contributed by atoms with van der Waals surface area (Å²) in [6.07, 6.45) is 0. The van der Waals surface area contributed by atoms with Crippen LogP contribution in [-0.4, -0.2) is 52.7 Å². The topological polar surface area (TPSA) is 80.2 Å². The van der Waals surface area contributed by atoms with Gasteiger partial charge in [-0.1, -0.05) is 0 Å². The molecule has 0 saturated carbocycles. The third-order valence-corrected chi connectivity index (χ3v) is 3.03. The fourth-order valence-electron chi connectivity index (χ4n) is 1.89. The molecule has 20 heavy (non-hydrogen) atoms. The van der Waals surface area contributed by atoms with Crippen molar-refractivity contribution < 1.29 is 9.53 Å². The number of anilines is 1. The Labute approximate surface area is 126 Å². The fraction of sp³-hybridized carbons (Fsp3) is 0.636. The standard InChI is InChI=1S/C11H15Cl2N5O2/c1-6(2)14-8(19)7-5-20-4-3-18(7)11-16-9(12)15-10(13)17-11/h6-7H,3-5H2,1-2H3,(H,14,19). The maximum absolute atomic E-state index is 12.2. The minimum Gasteiger partial charge on any atom is -0.377 e. The molecule has 1 aliphatic rings. The van der Waals surface area contributed by atoms with Crippen molar-refractivity contribution in [1.29, 1.82) is 0 Å². The van der Waals surface area contributed by atoms with Crippen LogP contribution in [0.4, 0.5) is 5.95 Å². The van der Waals surface area contributed by atoms with Crippen LogP contribution in [0.15, 0.2) is 0 Å². The van der Waals surface area contributed by atoms with Gasteiger partial charge in [-0.2, -0.15) is 15.0 Å². The van der Waals surface area contributed by atoms with Crippen LogP contribution in [0.25, 0.3) is 0 Å². The summed E-state index contributed by atoms with van der Waals surface area (Å²) in [5.74, 6) is 0.134. The molecule has 0 aromatic carbocycles. The van der Waals surface area contributed by atoms with E-state index >= 15 is 0 Å². The van der Waals surface area contributed by atoms with Gasteiger partial charge in [-0.3, -0.25) is 4.79 Å². The average molecular weight is 320 g/mol. The lowest BCUT2D eigenvalue weighted by Gasteiger charge is -2.34. The first kappa shape index (κ1) is 15.2. The molecule has 1 N–H and O–H groups in total. The first-order valence-corrected chi connectivity index (χ1v) is 6.95. The number of hydrogen-bond acceptors (Lipinski definition) is 6. The maximum atomic E-state index is 12.2. The lowest BCUT2D eigenvalue weighted by Crippen LogP contribution is -2.55. The molecule has 0 aliphatic carbocycles. The first-order chi connectivity index (χ1) is 9.47. The second-order valence-corrected chi connectivity index (χ2v) is 5.30. The summed E-state index contributed by atoms with van der Waals surface area (Å²) in [6.45, 7) is 5.00. The average Bonchev–Trinajstić information content (AvgIpc) is 2.36. The fourth-order valence-corrected chi connectivity index (χ4v) is 2.24. The van der Waals surface area contributed by atoms with E-state index in [4.69, 9.17) is 27.9 Å². The molecule has 0 spiro atoms. The number of halogens is 2. The van der Waals surface area contributed by atoms with Crippen molar-refractivity contribution >= 4 is 35.1 Å². The zero-order valence-corrected chi connectivity index (χ0v) is 12.6. The van der Waals surface area contributed by atoms with E-state index in [9.17, 15) is 4.79 Å². The monoisotopic (exact) mass is 319 g/mol. The van der Waals surface area contributed by atoms with Crippen molar-refractivity contribution in [3.63, 3.8) is 0 Å². The highest BCUT2D eigenvalue weighted by Crippen LogP contribution is 2.18. The lowest BCUT2D eigenvalue weighted by molar-refractivity contribution is -0.125. The Bertz CT molecular complexity index is 479. The van der Waals surface area contributed by atoms with Crippen LogP contribution in [0, 0.1) is 0 Å². The van der Waals surface area contributed by atoms with Crippen LogP contribution in [0.5, 0.6) is 0 Å². The van der Waals surface area contributed by atoms with Gasteiger partial charge in [0.1, 0.15) is 6.04 Å². The SMILES string of the molecule is CC(C)NC(=O)C1COCCN1c1nc(Cl)nc(Cl)n1. The number of aromatic nitrogens is 3. The number of ether oxygens (including phenoxy) is 1. The van der Waals surface area contributed by atoms with Gasteiger partial charge in [-0.25, -0.2) is 0 Å². The van der Waals surface area contributed by atoms with Gasteiger partial charge in [-0.05, 0) is 37.0 Å². The number of nitrogens with zero attached hydrogens (tertiary/aromatic N) is 4. The van der Waals surface area contributed by atoms with Crippen LogP contribution in [0.2, 0.25) is 10.6 Å². The molecule has 1 unspecified atom stereocenters. The molecule has 0 radical (unpaired) electrons. The molecule has 1 aliphatic heterocycles. The minimum absolute atomic E-state index is 0.00508. The van der Waals surface area contributed by atoms with Crippen LogP contribution in [0.3, 0.4) is 0 Å². The second kappa shape index (κ2) is 6.51. The van der Waals surface area contributed by atoms with Crippen LogP contribution >= 0.6 is 23.2 Å². The molecule has 110 valence electrons. The first-order valence-electron chi connectivity index (χ1n) is 6.19. The van der Waals surface area contributed by atoms with E-state index < -0.39 is 6.04 Å². The Morgan fingerprint density at radius 3 is 2.60 bits per heavy atom. The smallest absolute Gasteiger partial charge is 0.245 e. The second-order valence-electron chi connectivity index (χ2n) is 4.62. The number of morpholine rings is 1. The maximum Gasteiger partial charge on any atom is 0.245 e. The molecule has 0 bridgehead atoms. The van der Waals surface area contributed by atoms with Crippen molar-refractivity contribution in [2.75, 3.05) is 24.7 Å². The molecule has 1 atom stereocenters. The predicted molar refractivity (Wildman–Crippen MR) is 75.1 cm³/mol. The summed E-state index contributed by atoms with van der Waals surface area (Å²) in [6, 6.07) is -0.475. The van der Waals surface area contributed by atoms with Crippen LogP contribution < -0.4 is 10.2 Å². The highest BCUT2D eigenvalue weighted by atomic mass is 35.5. The molecule has 7 nitrogen and oxygen atoms in total.